The summed E-state index contributed by atoms with van der Waals surface area (Å²) >= 11 is 0. The van der Waals surface area contributed by atoms with E-state index in [1.807, 2.05) is 17.0 Å². The lowest BCUT2D eigenvalue weighted by Crippen LogP contribution is -2.45. The summed E-state index contributed by atoms with van der Waals surface area (Å²) in [5.74, 6) is -4.90. The normalized spacial score (nSPS) is 20.4. The number of aromatic nitrogens is 3. The zero-order chi connectivity index (χ0) is 30.0. The lowest BCUT2D eigenvalue weighted by Gasteiger charge is -2.38. The number of hydrogen-bond donors (Lipinski definition) is 3. The Kier molecular flexibility index (Phi) is 11.2. The predicted octanol–water partition coefficient (Wildman–Crippen LogP) is 3.40. The molecule has 40 heavy (non-hydrogen) atoms. The molecular formula is C23H25F6N5O6. The average molecular weight is 581 g/mol. The molecule has 2 saturated heterocycles. The van der Waals surface area contributed by atoms with Crippen molar-refractivity contribution in [1.82, 2.24) is 19.9 Å². The molecule has 2 aromatic rings. The van der Waals surface area contributed by atoms with Crippen LogP contribution in [0.3, 0.4) is 0 Å². The maximum absolute atomic E-state index is 12.6. The van der Waals surface area contributed by atoms with Crippen LogP contribution in [0.2, 0.25) is 0 Å². The van der Waals surface area contributed by atoms with Crippen LogP contribution in [0.15, 0.2) is 42.9 Å². The van der Waals surface area contributed by atoms with Gasteiger partial charge >= 0.3 is 24.3 Å². The van der Waals surface area contributed by atoms with Crippen LogP contribution in [0.4, 0.5) is 32.3 Å². The van der Waals surface area contributed by atoms with E-state index in [-0.39, 0.29) is 17.6 Å². The van der Waals surface area contributed by atoms with E-state index in [1.54, 1.807) is 30.7 Å². The van der Waals surface area contributed by atoms with Crippen LogP contribution in [0, 0.1) is 0 Å². The minimum absolute atomic E-state index is 0.0102. The molecule has 0 unspecified atom stereocenters. The highest BCUT2D eigenvalue weighted by Gasteiger charge is 2.44. The van der Waals surface area contributed by atoms with Crippen molar-refractivity contribution in [3.8, 4) is 0 Å². The summed E-state index contributed by atoms with van der Waals surface area (Å²) in [6, 6.07) is 7.22. The Hall–Kier alpha value is -4.02. The number of carboxylic acids is 2. The van der Waals surface area contributed by atoms with Gasteiger partial charge in [0.15, 0.2) is 0 Å². The zero-order valence-corrected chi connectivity index (χ0v) is 20.7. The maximum Gasteiger partial charge on any atom is 0.490 e. The molecule has 2 atom stereocenters. The molecule has 4 rings (SSSR count). The molecule has 2 aromatic heterocycles. The summed E-state index contributed by atoms with van der Waals surface area (Å²) in [7, 11) is 0. The van der Waals surface area contributed by atoms with Crippen LogP contribution in [0.5, 0.6) is 0 Å². The molecule has 17 heteroatoms. The Morgan fingerprint density at radius 3 is 2.05 bits per heavy atom. The van der Waals surface area contributed by atoms with E-state index in [4.69, 9.17) is 24.5 Å². The van der Waals surface area contributed by atoms with Crippen molar-refractivity contribution in [1.29, 1.82) is 0 Å². The highest BCUT2D eigenvalue weighted by Crippen LogP contribution is 2.37. The van der Waals surface area contributed by atoms with Gasteiger partial charge in [-0.05, 0) is 43.9 Å². The number of aliphatic carboxylic acids is 2. The molecule has 3 N–H and O–H groups in total. The summed E-state index contributed by atoms with van der Waals surface area (Å²) in [5, 5.41) is 17.5. The molecule has 0 bridgehead atoms. The topological polar surface area (TPSA) is 155 Å². The number of amides is 1. The number of halogens is 6. The Bertz CT molecular complexity index is 1100. The Morgan fingerprint density at radius 1 is 0.950 bits per heavy atom. The average Bonchev–Trinajstić information content (AvgIpc) is 3.30. The maximum atomic E-state index is 12.6. The van der Waals surface area contributed by atoms with Gasteiger partial charge in [-0.1, -0.05) is 6.07 Å². The number of pyridine rings is 1. The third-order valence-electron chi connectivity index (χ3n) is 5.60. The largest absolute Gasteiger partial charge is 0.490 e. The van der Waals surface area contributed by atoms with Crippen LogP contribution in [0.25, 0.3) is 0 Å². The molecule has 1 amide bonds. The standard InChI is InChI=1S/C19H23N5O2.2C2HF3O2/c25-17(16-6-1-2-9-20-16)24-12-8-19(14-24)7-3-5-15(26-19)13-23-18-21-10-4-11-22-18;2*3-2(4,5)1(6)7/h1-2,4,6,9-11,15H,3,5,7-8,12-14H2,(H,21,22,23);2*(H,6,7)/t15-,19-;;/m1../s1. The second-order valence-corrected chi connectivity index (χ2v) is 8.57. The Labute approximate surface area is 223 Å². The third kappa shape index (κ3) is 10.3. The van der Waals surface area contributed by atoms with E-state index in [0.29, 0.717) is 24.7 Å². The first-order chi connectivity index (χ1) is 18.6. The molecule has 2 aliphatic rings. The second-order valence-electron chi connectivity index (χ2n) is 8.57. The lowest BCUT2D eigenvalue weighted by molar-refractivity contribution is -0.193. The Balaban J connectivity index is 0.000000333. The van der Waals surface area contributed by atoms with Crippen molar-refractivity contribution in [3.05, 3.63) is 48.5 Å². The molecule has 0 aromatic carbocycles. The monoisotopic (exact) mass is 581 g/mol. The van der Waals surface area contributed by atoms with E-state index in [2.05, 4.69) is 20.3 Å². The quantitative estimate of drug-likeness (QED) is 0.458. The van der Waals surface area contributed by atoms with Crippen LogP contribution in [-0.4, -0.2) is 91.6 Å². The van der Waals surface area contributed by atoms with Crippen molar-refractivity contribution >= 4 is 23.8 Å². The molecule has 220 valence electrons. The molecule has 0 aliphatic carbocycles. The smallest absolute Gasteiger partial charge is 0.475 e. The molecule has 2 aliphatic heterocycles. The molecule has 2 fully saturated rings. The minimum atomic E-state index is -5.08. The molecule has 1 spiro atoms. The Morgan fingerprint density at radius 2 is 1.52 bits per heavy atom. The number of anilines is 1. The summed E-state index contributed by atoms with van der Waals surface area (Å²) in [6.45, 7) is 2.04. The van der Waals surface area contributed by atoms with Gasteiger partial charge in [-0.25, -0.2) is 19.6 Å². The van der Waals surface area contributed by atoms with Crippen molar-refractivity contribution in [2.24, 2.45) is 0 Å². The van der Waals surface area contributed by atoms with Gasteiger partial charge in [-0.3, -0.25) is 9.78 Å². The lowest BCUT2D eigenvalue weighted by atomic mass is 9.90. The zero-order valence-electron chi connectivity index (χ0n) is 20.7. The number of alkyl halides is 6. The first kappa shape index (κ1) is 32.2. The minimum Gasteiger partial charge on any atom is -0.475 e. The number of carbonyl (C=O) groups is 3. The van der Waals surface area contributed by atoms with Crippen LogP contribution in [0.1, 0.15) is 36.2 Å². The van der Waals surface area contributed by atoms with E-state index >= 15 is 0 Å². The van der Waals surface area contributed by atoms with Gasteiger partial charge in [0, 0.05) is 31.7 Å². The van der Waals surface area contributed by atoms with Gasteiger partial charge in [-0.2, -0.15) is 26.3 Å². The summed E-state index contributed by atoms with van der Waals surface area (Å²) < 4.78 is 69.9. The summed E-state index contributed by atoms with van der Waals surface area (Å²) in [6.07, 6.45) is -0.973. The van der Waals surface area contributed by atoms with E-state index in [9.17, 15) is 31.1 Å². The first-order valence-corrected chi connectivity index (χ1v) is 11.6. The van der Waals surface area contributed by atoms with Gasteiger partial charge in [0.1, 0.15) is 5.69 Å². The van der Waals surface area contributed by atoms with Gasteiger partial charge in [0.2, 0.25) is 5.95 Å². The number of hydrogen-bond acceptors (Lipinski definition) is 8. The SMILES string of the molecule is O=C(O)C(F)(F)F.O=C(O)C(F)(F)F.O=C(c1ccccn1)N1CC[C@]2(CCC[C@H](CNc3ncccn3)O2)C1. The number of carboxylic acid groups (broad SMARTS) is 2. The van der Waals surface area contributed by atoms with E-state index < -0.39 is 24.3 Å². The van der Waals surface area contributed by atoms with Crippen molar-refractivity contribution in [3.63, 3.8) is 0 Å². The predicted molar refractivity (Wildman–Crippen MR) is 124 cm³/mol. The molecular weight excluding hydrogens is 556 g/mol. The number of likely N-dealkylation sites (tertiary alicyclic amines) is 1. The number of carbonyl (C=O) groups excluding carboxylic acids is 1. The van der Waals surface area contributed by atoms with Crippen molar-refractivity contribution in [2.45, 2.75) is 49.7 Å². The fourth-order valence-electron chi connectivity index (χ4n) is 3.83. The van der Waals surface area contributed by atoms with E-state index in [1.165, 1.54) is 0 Å². The fourth-order valence-corrected chi connectivity index (χ4v) is 3.83. The van der Waals surface area contributed by atoms with Crippen LogP contribution in [-0.2, 0) is 14.3 Å². The van der Waals surface area contributed by atoms with Gasteiger partial charge in [0.25, 0.3) is 5.91 Å². The second kappa shape index (κ2) is 13.9. The number of nitrogens with zero attached hydrogens (tertiary/aromatic N) is 4. The van der Waals surface area contributed by atoms with Gasteiger partial charge in [-0.15, -0.1) is 0 Å². The number of rotatable bonds is 4. The van der Waals surface area contributed by atoms with Gasteiger partial charge < -0.3 is 25.2 Å². The first-order valence-electron chi connectivity index (χ1n) is 11.6. The molecule has 4 heterocycles. The van der Waals surface area contributed by atoms with Crippen molar-refractivity contribution in [2.75, 3.05) is 25.0 Å². The summed E-state index contributed by atoms with van der Waals surface area (Å²) in [4.78, 5) is 44.9. The summed E-state index contributed by atoms with van der Waals surface area (Å²) in [5.41, 5.74) is 0.270. The van der Waals surface area contributed by atoms with Crippen LogP contribution >= 0.6 is 0 Å². The fraction of sp³-hybridized carbons (Fsp3) is 0.478. The van der Waals surface area contributed by atoms with Crippen molar-refractivity contribution < 1.29 is 55.7 Å². The van der Waals surface area contributed by atoms with E-state index in [0.717, 1.165) is 32.2 Å². The molecule has 0 saturated carbocycles. The highest BCUT2D eigenvalue weighted by molar-refractivity contribution is 5.92. The number of ether oxygens (including phenoxy) is 1. The third-order valence-corrected chi connectivity index (χ3v) is 5.60. The molecule has 11 nitrogen and oxygen atoms in total. The highest BCUT2D eigenvalue weighted by atomic mass is 19.4. The number of nitrogens with one attached hydrogen (secondary N) is 1. The molecule has 0 radical (unpaired) electrons. The van der Waals surface area contributed by atoms with Crippen LogP contribution < -0.4 is 5.32 Å². The van der Waals surface area contributed by atoms with Gasteiger partial charge in [0.05, 0.1) is 18.2 Å².